The minimum absolute atomic E-state index is 0.0213. The van der Waals surface area contributed by atoms with E-state index >= 15 is 0 Å². The van der Waals surface area contributed by atoms with Gasteiger partial charge in [-0.1, -0.05) is 24.3 Å². The normalized spacial score (nSPS) is 12.8. The summed E-state index contributed by atoms with van der Waals surface area (Å²) in [5, 5.41) is 10.9. The van der Waals surface area contributed by atoms with Gasteiger partial charge >= 0.3 is 0 Å². The molecule has 0 aliphatic carbocycles. The van der Waals surface area contributed by atoms with Gasteiger partial charge in [0, 0.05) is 24.7 Å². The quantitative estimate of drug-likeness (QED) is 0.764. The van der Waals surface area contributed by atoms with E-state index in [1.54, 1.807) is 4.68 Å². The summed E-state index contributed by atoms with van der Waals surface area (Å²) < 4.78 is 1.80. The lowest BCUT2D eigenvalue weighted by atomic mass is 10.1. The minimum atomic E-state index is -0.0213. The van der Waals surface area contributed by atoms with Crippen molar-refractivity contribution in [1.29, 1.82) is 0 Å². The molecular formula is C20H21N5O. The molecule has 4 rings (SSSR count). The number of nitrogens with zero attached hydrogens (tertiary/aromatic N) is 3. The lowest BCUT2D eigenvalue weighted by Crippen LogP contribution is -2.30. The van der Waals surface area contributed by atoms with Crippen molar-refractivity contribution in [3.05, 3.63) is 71.4 Å². The molecule has 0 unspecified atom stereocenters. The third-order valence-electron chi connectivity index (χ3n) is 4.62. The maximum atomic E-state index is 13.3. The SMILES string of the molecule is CNCc1ccc(C(=O)N2Cc3cnn(C)c3Nc3ccccc32)cc1. The number of nitrogens with one attached hydrogen (secondary N) is 2. The summed E-state index contributed by atoms with van der Waals surface area (Å²) in [6.45, 7) is 1.26. The molecule has 26 heavy (non-hydrogen) atoms. The van der Waals surface area contributed by atoms with Crippen LogP contribution in [0.4, 0.5) is 17.2 Å². The van der Waals surface area contributed by atoms with Crippen molar-refractivity contribution in [1.82, 2.24) is 15.1 Å². The molecule has 1 aromatic heterocycles. The smallest absolute Gasteiger partial charge is 0.258 e. The number of aryl methyl sites for hydroxylation is 1. The average molecular weight is 347 g/mol. The van der Waals surface area contributed by atoms with Gasteiger partial charge in [0.15, 0.2) is 0 Å². The van der Waals surface area contributed by atoms with Crippen LogP contribution in [0.3, 0.4) is 0 Å². The molecule has 6 heteroatoms. The van der Waals surface area contributed by atoms with Gasteiger partial charge in [-0.25, -0.2) is 0 Å². The lowest BCUT2D eigenvalue weighted by Gasteiger charge is -2.22. The monoisotopic (exact) mass is 347 g/mol. The molecule has 0 spiro atoms. The van der Waals surface area contributed by atoms with Crippen molar-refractivity contribution in [2.45, 2.75) is 13.1 Å². The number of fused-ring (bicyclic) bond motifs is 2. The topological polar surface area (TPSA) is 62.2 Å². The Kier molecular flexibility index (Phi) is 4.18. The summed E-state index contributed by atoms with van der Waals surface area (Å²) in [6, 6.07) is 15.6. The maximum Gasteiger partial charge on any atom is 0.258 e. The number of hydrogen-bond donors (Lipinski definition) is 2. The summed E-state index contributed by atoms with van der Waals surface area (Å²) in [5.74, 6) is 0.893. The fourth-order valence-corrected chi connectivity index (χ4v) is 3.26. The number of carbonyl (C=O) groups excluding carboxylic acids is 1. The van der Waals surface area contributed by atoms with Crippen LogP contribution in [0.25, 0.3) is 0 Å². The van der Waals surface area contributed by atoms with E-state index < -0.39 is 0 Å². The Morgan fingerprint density at radius 1 is 1.19 bits per heavy atom. The molecule has 1 amide bonds. The molecule has 1 aliphatic rings. The standard InChI is InChI=1S/C20H21N5O/c1-21-11-14-7-9-15(10-8-14)20(26)25-13-16-12-22-24(2)19(16)23-17-5-3-4-6-18(17)25/h3-10,12,21,23H,11,13H2,1-2H3. The van der Waals surface area contributed by atoms with E-state index in [9.17, 15) is 4.79 Å². The van der Waals surface area contributed by atoms with Crippen LogP contribution < -0.4 is 15.5 Å². The number of para-hydroxylation sites is 2. The van der Waals surface area contributed by atoms with E-state index in [2.05, 4.69) is 15.7 Å². The van der Waals surface area contributed by atoms with Crippen LogP contribution in [0, 0.1) is 0 Å². The largest absolute Gasteiger partial charge is 0.338 e. The molecule has 1 aliphatic heterocycles. The van der Waals surface area contributed by atoms with Crippen LogP contribution in [-0.2, 0) is 20.1 Å². The Hall–Kier alpha value is -3.12. The highest BCUT2D eigenvalue weighted by atomic mass is 16.2. The molecule has 0 atom stereocenters. The molecular weight excluding hydrogens is 326 g/mol. The maximum absolute atomic E-state index is 13.3. The highest BCUT2D eigenvalue weighted by molar-refractivity contribution is 6.08. The van der Waals surface area contributed by atoms with Crippen molar-refractivity contribution >= 4 is 23.1 Å². The number of amides is 1. The second-order valence-corrected chi connectivity index (χ2v) is 6.40. The first-order chi connectivity index (χ1) is 12.7. The second-order valence-electron chi connectivity index (χ2n) is 6.40. The van der Waals surface area contributed by atoms with Crippen molar-refractivity contribution in [2.75, 3.05) is 17.3 Å². The van der Waals surface area contributed by atoms with Crippen molar-refractivity contribution in [3.8, 4) is 0 Å². The molecule has 2 aromatic carbocycles. The zero-order valence-electron chi connectivity index (χ0n) is 14.9. The number of carbonyl (C=O) groups is 1. The molecule has 0 bridgehead atoms. The van der Waals surface area contributed by atoms with E-state index in [0.717, 1.165) is 34.9 Å². The molecule has 2 N–H and O–H groups in total. The lowest BCUT2D eigenvalue weighted by molar-refractivity contribution is 0.0985. The fourth-order valence-electron chi connectivity index (χ4n) is 3.26. The molecule has 3 aromatic rings. The van der Waals surface area contributed by atoms with Gasteiger partial charge in [-0.3, -0.25) is 9.48 Å². The number of hydrogen-bond acceptors (Lipinski definition) is 4. The number of benzene rings is 2. The van der Waals surface area contributed by atoms with Gasteiger partial charge in [0.05, 0.1) is 24.1 Å². The Morgan fingerprint density at radius 3 is 2.73 bits per heavy atom. The molecule has 2 heterocycles. The van der Waals surface area contributed by atoms with Gasteiger partial charge in [0.25, 0.3) is 5.91 Å². The highest BCUT2D eigenvalue weighted by Crippen LogP contribution is 2.36. The third kappa shape index (κ3) is 2.84. The van der Waals surface area contributed by atoms with Gasteiger partial charge in [0.1, 0.15) is 5.82 Å². The zero-order chi connectivity index (χ0) is 18.1. The molecule has 132 valence electrons. The molecule has 0 saturated carbocycles. The van der Waals surface area contributed by atoms with Gasteiger partial charge in [0.2, 0.25) is 0 Å². The van der Waals surface area contributed by atoms with Crippen LogP contribution in [0.15, 0.2) is 54.7 Å². The summed E-state index contributed by atoms with van der Waals surface area (Å²) in [7, 11) is 3.80. The van der Waals surface area contributed by atoms with Gasteiger partial charge in [-0.15, -0.1) is 0 Å². The predicted molar refractivity (Wildman–Crippen MR) is 103 cm³/mol. The summed E-state index contributed by atoms with van der Waals surface area (Å²) in [6.07, 6.45) is 1.81. The Balaban J connectivity index is 1.73. The Labute approximate surface area is 152 Å². The summed E-state index contributed by atoms with van der Waals surface area (Å²) in [4.78, 5) is 15.1. The van der Waals surface area contributed by atoms with E-state index in [1.807, 2.05) is 73.7 Å². The average Bonchev–Trinajstić information content (AvgIpc) is 2.91. The second kappa shape index (κ2) is 6.65. The van der Waals surface area contributed by atoms with E-state index in [4.69, 9.17) is 0 Å². The van der Waals surface area contributed by atoms with Crippen molar-refractivity contribution < 1.29 is 4.79 Å². The summed E-state index contributed by atoms with van der Waals surface area (Å²) >= 11 is 0. The van der Waals surface area contributed by atoms with E-state index in [0.29, 0.717) is 12.1 Å². The predicted octanol–water partition coefficient (Wildman–Crippen LogP) is 3.04. The van der Waals surface area contributed by atoms with E-state index in [-0.39, 0.29) is 5.91 Å². The van der Waals surface area contributed by atoms with Crippen LogP contribution in [-0.4, -0.2) is 22.7 Å². The molecule has 0 saturated heterocycles. The zero-order valence-corrected chi connectivity index (χ0v) is 14.9. The van der Waals surface area contributed by atoms with Crippen LogP contribution >= 0.6 is 0 Å². The molecule has 0 fully saturated rings. The van der Waals surface area contributed by atoms with Gasteiger partial charge in [-0.05, 0) is 36.9 Å². The summed E-state index contributed by atoms with van der Waals surface area (Å²) in [5.41, 5.74) is 4.58. The highest BCUT2D eigenvalue weighted by Gasteiger charge is 2.26. The Bertz CT molecular complexity index is 945. The number of rotatable bonds is 3. The number of aromatic nitrogens is 2. The minimum Gasteiger partial charge on any atom is -0.338 e. The Morgan fingerprint density at radius 2 is 1.96 bits per heavy atom. The van der Waals surface area contributed by atoms with Crippen molar-refractivity contribution in [3.63, 3.8) is 0 Å². The molecule has 0 radical (unpaired) electrons. The molecule has 6 nitrogen and oxygen atoms in total. The first kappa shape index (κ1) is 16.4. The van der Waals surface area contributed by atoms with E-state index in [1.165, 1.54) is 0 Å². The first-order valence-electron chi connectivity index (χ1n) is 8.59. The van der Waals surface area contributed by atoms with Crippen molar-refractivity contribution in [2.24, 2.45) is 7.05 Å². The third-order valence-corrected chi connectivity index (χ3v) is 4.62. The fraction of sp³-hybridized carbons (Fsp3) is 0.200. The van der Waals surface area contributed by atoms with Crippen LogP contribution in [0.2, 0.25) is 0 Å². The number of anilines is 3. The van der Waals surface area contributed by atoms with Gasteiger partial charge in [-0.2, -0.15) is 5.10 Å². The van der Waals surface area contributed by atoms with Crippen LogP contribution in [0.5, 0.6) is 0 Å². The first-order valence-corrected chi connectivity index (χ1v) is 8.59. The van der Waals surface area contributed by atoms with Crippen LogP contribution in [0.1, 0.15) is 21.5 Å². The van der Waals surface area contributed by atoms with Gasteiger partial charge < -0.3 is 15.5 Å².